The fraction of sp³-hybridized carbons (Fsp3) is 0.455. The molecule has 0 bridgehead atoms. The number of furan rings is 1. The topological polar surface area (TPSA) is 112 Å². The number of nitrogens with zero attached hydrogens (tertiary/aromatic N) is 2. The van der Waals surface area contributed by atoms with Crippen LogP contribution >= 0.6 is 0 Å². The molecule has 1 saturated heterocycles. The molecule has 0 atom stereocenters. The van der Waals surface area contributed by atoms with Gasteiger partial charge in [-0.05, 0) is 62.1 Å². The molecule has 32 heavy (non-hydrogen) atoms. The minimum atomic E-state index is -3.64. The van der Waals surface area contributed by atoms with Gasteiger partial charge in [-0.25, -0.2) is 13.2 Å². The van der Waals surface area contributed by atoms with E-state index in [4.69, 9.17) is 4.42 Å². The Balaban J connectivity index is 1.53. The summed E-state index contributed by atoms with van der Waals surface area (Å²) in [6, 6.07) is 4.83. The molecule has 2 aromatic rings. The number of urea groups is 1. The van der Waals surface area contributed by atoms with Gasteiger partial charge in [0, 0.05) is 26.2 Å². The molecule has 3 amide bonds. The Hall–Kier alpha value is -2.69. The number of imide groups is 1. The van der Waals surface area contributed by atoms with E-state index in [2.05, 4.69) is 10.6 Å². The van der Waals surface area contributed by atoms with E-state index in [1.165, 1.54) is 10.6 Å². The standard InChI is InChI=1S/C22H30N4O5S/c1-15-12-16(2)18(4)21(17(15)3)32(29,30)26-9-7-25(8-10-26)14-20(27)24-22(28)23-13-19-6-5-11-31-19/h5-6,11-12H,7-10,13-14H2,1-4H3,(H2,23,24,27,28). The number of benzene rings is 1. The van der Waals surface area contributed by atoms with Crippen LogP contribution in [-0.4, -0.2) is 62.3 Å². The Morgan fingerprint density at radius 3 is 2.22 bits per heavy atom. The lowest BCUT2D eigenvalue weighted by atomic mass is 10.0. The second-order valence-electron chi connectivity index (χ2n) is 8.08. The maximum absolute atomic E-state index is 13.3. The Kier molecular flexibility index (Phi) is 7.37. The van der Waals surface area contributed by atoms with Crippen LogP contribution < -0.4 is 10.6 Å². The molecule has 9 nitrogen and oxygen atoms in total. The number of hydrogen-bond donors (Lipinski definition) is 2. The first kappa shape index (κ1) is 24.0. The van der Waals surface area contributed by atoms with E-state index in [0.717, 1.165) is 22.3 Å². The van der Waals surface area contributed by atoms with Gasteiger partial charge < -0.3 is 9.73 Å². The number of carbonyl (C=O) groups is 2. The molecule has 1 aliphatic heterocycles. The molecule has 0 unspecified atom stereocenters. The van der Waals surface area contributed by atoms with Crippen molar-refractivity contribution < 1.29 is 22.4 Å². The third-order valence-electron chi connectivity index (χ3n) is 5.85. The zero-order chi connectivity index (χ0) is 23.5. The summed E-state index contributed by atoms with van der Waals surface area (Å²) in [6.45, 7) is 9.09. The Morgan fingerprint density at radius 2 is 1.66 bits per heavy atom. The first-order valence-electron chi connectivity index (χ1n) is 10.5. The molecule has 0 spiro atoms. The molecule has 10 heteroatoms. The van der Waals surface area contributed by atoms with Gasteiger partial charge in [-0.2, -0.15) is 4.31 Å². The molecular weight excluding hydrogens is 432 g/mol. The largest absolute Gasteiger partial charge is 0.467 e. The van der Waals surface area contributed by atoms with Crippen molar-refractivity contribution >= 4 is 22.0 Å². The minimum Gasteiger partial charge on any atom is -0.467 e. The van der Waals surface area contributed by atoms with Crippen molar-refractivity contribution in [2.24, 2.45) is 0 Å². The van der Waals surface area contributed by atoms with Crippen LogP contribution in [0, 0.1) is 27.7 Å². The predicted octanol–water partition coefficient (Wildman–Crippen LogP) is 1.85. The van der Waals surface area contributed by atoms with Gasteiger partial charge in [0.25, 0.3) is 0 Å². The summed E-state index contributed by atoms with van der Waals surface area (Å²) >= 11 is 0. The SMILES string of the molecule is Cc1cc(C)c(C)c(S(=O)(=O)N2CCN(CC(=O)NC(=O)NCc3ccco3)CC2)c1C. The lowest BCUT2D eigenvalue weighted by Gasteiger charge is -2.34. The smallest absolute Gasteiger partial charge is 0.321 e. The monoisotopic (exact) mass is 462 g/mol. The quantitative estimate of drug-likeness (QED) is 0.678. The second-order valence-corrected chi connectivity index (χ2v) is 9.95. The van der Waals surface area contributed by atoms with Crippen LogP contribution in [0.25, 0.3) is 0 Å². The van der Waals surface area contributed by atoms with Crippen LogP contribution in [0.4, 0.5) is 4.79 Å². The first-order valence-corrected chi connectivity index (χ1v) is 11.9. The zero-order valence-corrected chi connectivity index (χ0v) is 19.7. The highest BCUT2D eigenvalue weighted by Gasteiger charge is 2.32. The van der Waals surface area contributed by atoms with E-state index < -0.39 is 22.0 Å². The van der Waals surface area contributed by atoms with Gasteiger partial charge in [-0.1, -0.05) is 6.07 Å². The van der Waals surface area contributed by atoms with Crippen LogP contribution in [0.3, 0.4) is 0 Å². The number of hydrogen-bond acceptors (Lipinski definition) is 6. The number of amides is 3. The van der Waals surface area contributed by atoms with E-state index in [9.17, 15) is 18.0 Å². The summed E-state index contributed by atoms with van der Waals surface area (Å²) in [5.74, 6) is 0.137. The van der Waals surface area contributed by atoms with Crippen molar-refractivity contribution in [1.82, 2.24) is 19.8 Å². The highest BCUT2D eigenvalue weighted by atomic mass is 32.2. The van der Waals surface area contributed by atoms with E-state index in [-0.39, 0.29) is 26.2 Å². The third-order valence-corrected chi connectivity index (χ3v) is 8.02. The first-order chi connectivity index (χ1) is 15.1. The van der Waals surface area contributed by atoms with Crippen molar-refractivity contribution in [3.63, 3.8) is 0 Å². The fourth-order valence-corrected chi connectivity index (χ4v) is 5.82. The molecule has 3 rings (SSSR count). The Morgan fingerprint density at radius 1 is 1.03 bits per heavy atom. The van der Waals surface area contributed by atoms with Crippen molar-refractivity contribution in [3.8, 4) is 0 Å². The third kappa shape index (κ3) is 5.37. The molecule has 174 valence electrons. The van der Waals surface area contributed by atoms with Crippen LogP contribution in [0.1, 0.15) is 28.0 Å². The van der Waals surface area contributed by atoms with Crippen molar-refractivity contribution in [2.75, 3.05) is 32.7 Å². The fourth-order valence-electron chi connectivity index (χ4n) is 3.82. The number of carbonyl (C=O) groups excluding carboxylic acids is 2. The molecule has 0 saturated carbocycles. The van der Waals surface area contributed by atoms with Gasteiger partial charge >= 0.3 is 6.03 Å². The molecule has 1 aromatic carbocycles. The van der Waals surface area contributed by atoms with Crippen molar-refractivity contribution in [3.05, 3.63) is 52.5 Å². The van der Waals surface area contributed by atoms with Gasteiger partial charge in [0.1, 0.15) is 5.76 Å². The maximum Gasteiger partial charge on any atom is 0.321 e. The summed E-state index contributed by atoms with van der Waals surface area (Å²) in [5.41, 5.74) is 3.45. The molecule has 1 aliphatic rings. The van der Waals surface area contributed by atoms with Crippen LogP contribution in [0.15, 0.2) is 33.8 Å². The average molecular weight is 463 g/mol. The summed E-state index contributed by atoms with van der Waals surface area (Å²) < 4.78 is 33.3. The highest BCUT2D eigenvalue weighted by molar-refractivity contribution is 7.89. The van der Waals surface area contributed by atoms with Crippen molar-refractivity contribution in [1.29, 1.82) is 0 Å². The van der Waals surface area contributed by atoms with Crippen LogP contribution in [0.5, 0.6) is 0 Å². The summed E-state index contributed by atoms with van der Waals surface area (Å²) in [4.78, 5) is 26.3. The number of nitrogens with one attached hydrogen (secondary N) is 2. The normalized spacial score (nSPS) is 15.5. The Labute approximate surface area is 188 Å². The molecular formula is C22H30N4O5S. The maximum atomic E-state index is 13.3. The van der Waals surface area contributed by atoms with Gasteiger partial charge in [0.05, 0.1) is 24.2 Å². The Bertz CT molecular complexity index is 1060. The van der Waals surface area contributed by atoms with Crippen LogP contribution in [-0.2, 0) is 21.4 Å². The molecule has 2 N–H and O–H groups in total. The summed E-state index contributed by atoms with van der Waals surface area (Å²) in [7, 11) is -3.64. The van der Waals surface area contributed by atoms with E-state index in [0.29, 0.717) is 23.7 Å². The van der Waals surface area contributed by atoms with Gasteiger partial charge in [0.2, 0.25) is 15.9 Å². The average Bonchev–Trinajstić information content (AvgIpc) is 3.25. The molecule has 2 heterocycles. The van der Waals surface area contributed by atoms with Gasteiger partial charge in [0.15, 0.2) is 0 Å². The summed E-state index contributed by atoms with van der Waals surface area (Å²) in [5, 5.41) is 4.83. The van der Waals surface area contributed by atoms with Crippen molar-refractivity contribution in [2.45, 2.75) is 39.1 Å². The predicted molar refractivity (Wildman–Crippen MR) is 120 cm³/mol. The molecule has 0 aliphatic carbocycles. The lowest BCUT2D eigenvalue weighted by molar-refractivity contribution is -0.121. The highest BCUT2D eigenvalue weighted by Crippen LogP contribution is 2.29. The van der Waals surface area contributed by atoms with E-state index in [1.807, 2.05) is 38.7 Å². The molecule has 1 aromatic heterocycles. The zero-order valence-electron chi connectivity index (χ0n) is 18.9. The van der Waals surface area contributed by atoms with Gasteiger partial charge in [-0.3, -0.25) is 15.0 Å². The minimum absolute atomic E-state index is 0.0175. The number of sulfonamides is 1. The van der Waals surface area contributed by atoms with Gasteiger partial charge in [-0.15, -0.1) is 0 Å². The van der Waals surface area contributed by atoms with E-state index >= 15 is 0 Å². The van der Waals surface area contributed by atoms with E-state index in [1.54, 1.807) is 12.1 Å². The lowest BCUT2D eigenvalue weighted by Crippen LogP contribution is -2.52. The number of rotatable bonds is 6. The molecule has 0 radical (unpaired) electrons. The molecule has 1 fully saturated rings. The number of aryl methyl sites for hydroxylation is 2. The second kappa shape index (κ2) is 9.85. The van der Waals surface area contributed by atoms with Crippen LogP contribution in [0.2, 0.25) is 0 Å². The number of piperazine rings is 1. The summed E-state index contributed by atoms with van der Waals surface area (Å²) in [6.07, 6.45) is 1.50.